The van der Waals surface area contributed by atoms with Crippen LogP contribution < -0.4 is 10.1 Å². The fourth-order valence-corrected chi connectivity index (χ4v) is 3.76. The number of carbonyl (C=O) groups excluding carboxylic acids is 1. The predicted molar refractivity (Wildman–Crippen MR) is 112 cm³/mol. The quantitative estimate of drug-likeness (QED) is 0.822. The number of rotatable bonds is 4. The Labute approximate surface area is 166 Å². The van der Waals surface area contributed by atoms with Crippen molar-refractivity contribution in [2.45, 2.75) is 32.1 Å². The second-order valence-electron chi connectivity index (χ2n) is 7.78. The van der Waals surface area contributed by atoms with Crippen molar-refractivity contribution in [1.29, 1.82) is 0 Å². The lowest BCUT2D eigenvalue weighted by molar-refractivity contribution is 0.198. The van der Waals surface area contributed by atoms with Crippen LogP contribution in [0, 0.1) is 5.92 Å². The average molecular weight is 377 g/mol. The Morgan fingerprint density at radius 3 is 2.82 bits per heavy atom. The van der Waals surface area contributed by atoms with Crippen LogP contribution in [0.1, 0.15) is 43.2 Å². The Kier molecular flexibility index (Phi) is 5.33. The van der Waals surface area contributed by atoms with Gasteiger partial charge in [0.25, 0.3) is 0 Å². The summed E-state index contributed by atoms with van der Waals surface area (Å²) in [4.78, 5) is 18.6. The third-order valence-corrected chi connectivity index (χ3v) is 5.59. The molecule has 1 N–H and O–H groups in total. The number of ether oxygens (including phenoxy) is 1. The lowest BCUT2D eigenvalue weighted by Crippen LogP contribution is -2.42. The van der Waals surface area contributed by atoms with E-state index in [0.717, 1.165) is 25.4 Å². The summed E-state index contributed by atoms with van der Waals surface area (Å²) in [7, 11) is 1.57. The van der Waals surface area contributed by atoms with Gasteiger partial charge < -0.3 is 15.0 Å². The summed E-state index contributed by atoms with van der Waals surface area (Å²) in [5.41, 5.74) is 4.85. The van der Waals surface area contributed by atoms with Gasteiger partial charge in [0, 0.05) is 19.2 Å². The molecule has 2 aliphatic rings. The van der Waals surface area contributed by atoms with Gasteiger partial charge in [-0.25, -0.2) is 9.78 Å². The highest BCUT2D eigenvalue weighted by atomic mass is 16.5. The zero-order chi connectivity index (χ0) is 19.5. The van der Waals surface area contributed by atoms with Crippen LogP contribution in [-0.2, 0) is 0 Å². The first-order chi connectivity index (χ1) is 13.6. The van der Waals surface area contributed by atoms with Crippen molar-refractivity contribution in [2.24, 2.45) is 5.92 Å². The van der Waals surface area contributed by atoms with Crippen LogP contribution in [0.5, 0.6) is 5.88 Å². The zero-order valence-electron chi connectivity index (χ0n) is 16.5. The molecule has 0 spiro atoms. The summed E-state index contributed by atoms with van der Waals surface area (Å²) in [6, 6.07) is 12.4. The summed E-state index contributed by atoms with van der Waals surface area (Å²) < 4.78 is 5.05. The number of carbonyl (C=O) groups is 1. The molecule has 2 fully saturated rings. The highest BCUT2D eigenvalue weighted by molar-refractivity contribution is 5.89. The minimum absolute atomic E-state index is 0.0754. The van der Waals surface area contributed by atoms with E-state index in [-0.39, 0.29) is 6.03 Å². The number of hydrogen-bond donors (Lipinski definition) is 1. The Morgan fingerprint density at radius 1 is 1.29 bits per heavy atom. The Bertz CT molecular complexity index is 872. The lowest BCUT2D eigenvalue weighted by atomic mass is 9.91. The monoisotopic (exact) mass is 377 g/mol. The molecular weight excluding hydrogens is 350 g/mol. The molecule has 146 valence electrons. The first kappa shape index (κ1) is 18.5. The van der Waals surface area contributed by atoms with Crippen molar-refractivity contribution >= 4 is 17.8 Å². The molecule has 1 unspecified atom stereocenters. The van der Waals surface area contributed by atoms with E-state index in [0.29, 0.717) is 17.5 Å². The van der Waals surface area contributed by atoms with E-state index in [4.69, 9.17) is 4.74 Å². The maximum Gasteiger partial charge on any atom is 0.321 e. The van der Waals surface area contributed by atoms with E-state index in [9.17, 15) is 4.79 Å². The molecule has 1 saturated heterocycles. The molecule has 1 aromatic heterocycles. The van der Waals surface area contributed by atoms with E-state index in [2.05, 4.69) is 47.6 Å². The summed E-state index contributed by atoms with van der Waals surface area (Å²) in [6.45, 7) is 3.66. The third-order valence-electron chi connectivity index (χ3n) is 5.59. The normalized spacial score (nSPS) is 20.9. The molecule has 28 heavy (non-hydrogen) atoms. The summed E-state index contributed by atoms with van der Waals surface area (Å²) >= 11 is 0. The van der Waals surface area contributed by atoms with Gasteiger partial charge in [0.1, 0.15) is 0 Å². The summed E-state index contributed by atoms with van der Waals surface area (Å²) in [5, 5.41) is 2.92. The van der Waals surface area contributed by atoms with Gasteiger partial charge in [0.15, 0.2) is 0 Å². The predicted octanol–water partition coefficient (Wildman–Crippen LogP) is 4.92. The van der Waals surface area contributed by atoms with Crippen molar-refractivity contribution in [3.8, 4) is 5.88 Å². The first-order valence-corrected chi connectivity index (χ1v) is 9.99. The summed E-state index contributed by atoms with van der Waals surface area (Å²) in [5.74, 6) is 1.65. The van der Waals surface area contributed by atoms with Crippen molar-refractivity contribution in [2.75, 3.05) is 25.5 Å². The molecule has 5 nitrogen and oxygen atoms in total. The molecule has 1 saturated carbocycles. The molecule has 4 rings (SSSR count). The van der Waals surface area contributed by atoms with E-state index in [1.54, 1.807) is 25.4 Å². The molecule has 2 aromatic rings. The standard InChI is InChI=1S/C23H27N3O2/c1-16-15-26(23(27)25-21-8-9-22(28-2)24-14-21)11-10-19(16)12-17-4-3-5-20(13-17)18-6-7-18/h3-5,8-9,12-14,16,18H,6-7,10-11,15H2,1-2H3,(H,25,27)/b19-12+. The first-order valence-electron chi connectivity index (χ1n) is 9.99. The van der Waals surface area contributed by atoms with Gasteiger partial charge in [-0.2, -0.15) is 0 Å². The number of urea groups is 1. The Morgan fingerprint density at radius 2 is 2.14 bits per heavy atom. The fourth-order valence-electron chi connectivity index (χ4n) is 3.76. The SMILES string of the molecule is COc1ccc(NC(=O)N2CC/C(=C\c3cccc(C4CC4)c3)C(C)C2)cn1. The zero-order valence-corrected chi connectivity index (χ0v) is 16.5. The van der Waals surface area contributed by atoms with Crippen LogP contribution in [0.4, 0.5) is 10.5 Å². The topological polar surface area (TPSA) is 54.5 Å². The number of aromatic nitrogens is 1. The van der Waals surface area contributed by atoms with Gasteiger partial charge >= 0.3 is 6.03 Å². The van der Waals surface area contributed by atoms with Gasteiger partial charge in [-0.1, -0.05) is 42.8 Å². The largest absolute Gasteiger partial charge is 0.481 e. The number of nitrogens with zero attached hydrogens (tertiary/aromatic N) is 2. The summed E-state index contributed by atoms with van der Waals surface area (Å²) in [6.07, 6.45) is 7.49. The molecule has 1 aromatic carbocycles. The van der Waals surface area contributed by atoms with Gasteiger partial charge in [-0.15, -0.1) is 0 Å². The molecule has 0 radical (unpaired) electrons. The Hall–Kier alpha value is -2.82. The minimum Gasteiger partial charge on any atom is -0.481 e. The average Bonchev–Trinajstić information content (AvgIpc) is 3.56. The molecule has 2 heterocycles. The number of anilines is 1. The van der Waals surface area contributed by atoms with E-state index >= 15 is 0 Å². The van der Waals surface area contributed by atoms with Crippen LogP contribution in [-0.4, -0.2) is 36.1 Å². The second-order valence-corrected chi connectivity index (χ2v) is 7.78. The van der Waals surface area contributed by atoms with Crippen LogP contribution in [0.3, 0.4) is 0 Å². The van der Waals surface area contributed by atoms with Gasteiger partial charge in [-0.05, 0) is 48.3 Å². The molecule has 1 atom stereocenters. The van der Waals surface area contributed by atoms with Crippen LogP contribution in [0.25, 0.3) is 6.08 Å². The highest BCUT2D eigenvalue weighted by Crippen LogP contribution is 2.40. The Balaban J connectivity index is 1.37. The van der Waals surface area contributed by atoms with Crippen LogP contribution in [0.15, 0.2) is 48.2 Å². The number of nitrogens with one attached hydrogen (secondary N) is 1. The molecule has 2 amide bonds. The van der Waals surface area contributed by atoms with Gasteiger partial charge in [0.2, 0.25) is 5.88 Å². The molecular formula is C23H27N3O2. The number of benzene rings is 1. The lowest BCUT2D eigenvalue weighted by Gasteiger charge is -2.33. The van der Waals surface area contributed by atoms with Gasteiger partial charge in [0.05, 0.1) is 19.0 Å². The molecule has 1 aliphatic carbocycles. The number of pyridine rings is 1. The van der Waals surface area contributed by atoms with E-state index in [1.165, 1.54) is 29.5 Å². The highest BCUT2D eigenvalue weighted by Gasteiger charge is 2.25. The number of amides is 2. The molecule has 0 bridgehead atoms. The number of hydrogen-bond acceptors (Lipinski definition) is 3. The maximum absolute atomic E-state index is 12.6. The van der Waals surface area contributed by atoms with Crippen molar-refractivity contribution in [1.82, 2.24) is 9.88 Å². The maximum atomic E-state index is 12.6. The number of methoxy groups -OCH3 is 1. The van der Waals surface area contributed by atoms with Gasteiger partial charge in [-0.3, -0.25) is 0 Å². The second kappa shape index (κ2) is 8.05. The smallest absolute Gasteiger partial charge is 0.321 e. The molecule has 5 heteroatoms. The minimum atomic E-state index is -0.0754. The number of piperidine rings is 1. The van der Waals surface area contributed by atoms with Crippen molar-refractivity contribution in [3.05, 3.63) is 59.3 Å². The van der Waals surface area contributed by atoms with Crippen LogP contribution >= 0.6 is 0 Å². The molecule has 1 aliphatic heterocycles. The van der Waals surface area contributed by atoms with Crippen molar-refractivity contribution < 1.29 is 9.53 Å². The van der Waals surface area contributed by atoms with E-state index < -0.39 is 0 Å². The van der Waals surface area contributed by atoms with E-state index in [1.807, 2.05) is 4.90 Å². The number of likely N-dealkylation sites (tertiary alicyclic amines) is 1. The van der Waals surface area contributed by atoms with Crippen molar-refractivity contribution in [3.63, 3.8) is 0 Å². The van der Waals surface area contributed by atoms with Crippen LogP contribution in [0.2, 0.25) is 0 Å². The fraction of sp³-hybridized carbons (Fsp3) is 0.391. The third kappa shape index (κ3) is 4.35.